The number of benzene rings is 2. The van der Waals surface area contributed by atoms with Crippen LogP contribution in [0.2, 0.25) is 10.0 Å². The molecule has 4 nitrogen and oxygen atoms in total. The maximum Gasteiger partial charge on any atom is 0.147 e. The SMILES string of the molecule is COCCCn1c(COc2ccc(Cl)cc2)nc2ccc(Cl)cc21. The molecule has 0 spiro atoms. The predicted molar refractivity (Wildman–Crippen MR) is 97.0 cm³/mol. The average Bonchev–Trinajstić information content (AvgIpc) is 2.92. The standard InChI is InChI=1S/C18H18Cl2N2O2/c1-23-10-2-9-22-17-11-14(20)5-8-16(17)21-18(22)12-24-15-6-3-13(19)4-7-15/h3-8,11H,2,9-10,12H2,1H3. The van der Waals surface area contributed by atoms with Crippen LogP contribution in [-0.4, -0.2) is 23.3 Å². The number of hydrogen-bond donors (Lipinski definition) is 0. The van der Waals surface area contributed by atoms with Gasteiger partial charge >= 0.3 is 0 Å². The van der Waals surface area contributed by atoms with Gasteiger partial charge in [0.15, 0.2) is 0 Å². The van der Waals surface area contributed by atoms with Gasteiger partial charge in [-0.25, -0.2) is 4.98 Å². The van der Waals surface area contributed by atoms with E-state index in [9.17, 15) is 0 Å². The quantitative estimate of drug-likeness (QED) is 0.556. The van der Waals surface area contributed by atoms with Crippen molar-refractivity contribution in [2.75, 3.05) is 13.7 Å². The zero-order chi connectivity index (χ0) is 16.9. The minimum Gasteiger partial charge on any atom is -0.486 e. The second kappa shape index (κ2) is 7.88. The van der Waals surface area contributed by atoms with Crippen LogP contribution in [0.5, 0.6) is 5.75 Å². The highest BCUT2D eigenvalue weighted by atomic mass is 35.5. The number of aromatic nitrogens is 2. The zero-order valence-electron chi connectivity index (χ0n) is 13.3. The molecule has 0 radical (unpaired) electrons. The second-order valence-electron chi connectivity index (χ2n) is 5.40. The molecule has 0 saturated carbocycles. The molecule has 3 rings (SSSR count). The lowest BCUT2D eigenvalue weighted by atomic mass is 10.3. The minimum atomic E-state index is 0.376. The number of imidazole rings is 1. The van der Waals surface area contributed by atoms with Crippen LogP contribution in [0.1, 0.15) is 12.2 Å². The molecule has 0 amide bonds. The summed E-state index contributed by atoms with van der Waals surface area (Å²) in [6.07, 6.45) is 0.891. The van der Waals surface area contributed by atoms with E-state index in [0.29, 0.717) is 23.3 Å². The second-order valence-corrected chi connectivity index (χ2v) is 6.27. The van der Waals surface area contributed by atoms with Gasteiger partial charge in [0.05, 0.1) is 11.0 Å². The lowest BCUT2D eigenvalue weighted by Crippen LogP contribution is -2.09. The van der Waals surface area contributed by atoms with Crippen LogP contribution < -0.4 is 4.74 Å². The normalized spacial score (nSPS) is 11.1. The van der Waals surface area contributed by atoms with Gasteiger partial charge in [0.2, 0.25) is 0 Å². The third kappa shape index (κ3) is 4.01. The van der Waals surface area contributed by atoms with Gasteiger partial charge in [0.25, 0.3) is 0 Å². The summed E-state index contributed by atoms with van der Waals surface area (Å²) in [7, 11) is 1.70. The topological polar surface area (TPSA) is 36.3 Å². The molecule has 24 heavy (non-hydrogen) atoms. The van der Waals surface area contributed by atoms with Crippen molar-refractivity contribution in [3.63, 3.8) is 0 Å². The summed E-state index contributed by atoms with van der Waals surface area (Å²) in [4.78, 5) is 4.68. The lowest BCUT2D eigenvalue weighted by Gasteiger charge is -2.10. The molecule has 0 aliphatic rings. The molecule has 2 aromatic carbocycles. The predicted octanol–water partition coefficient (Wildman–Crippen LogP) is 4.96. The maximum atomic E-state index is 6.14. The van der Waals surface area contributed by atoms with Crippen LogP contribution in [0.25, 0.3) is 11.0 Å². The van der Waals surface area contributed by atoms with Gasteiger partial charge in [0.1, 0.15) is 18.2 Å². The molecule has 0 fully saturated rings. The summed E-state index contributed by atoms with van der Waals surface area (Å²) < 4.78 is 13.1. The van der Waals surface area contributed by atoms with Crippen molar-refractivity contribution in [1.82, 2.24) is 9.55 Å². The van der Waals surface area contributed by atoms with Crippen LogP contribution in [-0.2, 0) is 17.9 Å². The van der Waals surface area contributed by atoms with Crippen molar-refractivity contribution in [3.8, 4) is 5.75 Å². The molecule has 0 bridgehead atoms. The van der Waals surface area contributed by atoms with E-state index in [1.54, 1.807) is 19.2 Å². The summed E-state index contributed by atoms with van der Waals surface area (Å²) in [6.45, 7) is 1.86. The van der Waals surface area contributed by atoms with Gasteiger partial charge in [-0.15, -0.1) is 0 Å². The highest BCUT2D eigenvalue weighted by Gasteiger charge is 2.12. The Kier molecular flexibility index (Phi) is 5.61. The fraction of sp³-hybridized carbons (Fsp3) is 0.278. The molecule has 0 saturated heterocycles. The smallest absolute Gasteiger partial charge is 0.147 e. The molecule has 0 N–H and O–H groups in total. The first-order chi connectivity index (χ1) is 11.7. The van der Waals surface area contributed by atoms with E-state index in [2.05, 4.69) is 9.55 Å². The Morgan fingerprint density at radius 3 is 2.54 bits per heavy atom. The summed E-state index contributed by atoms with van der Waals surface area (Å²) in [5, 5.41) is 1.38. The Bertz CT molecular complexity index is 816. The maximum absolute atomic E-state index is 6.14. The Balaban J connectivity index is 1.84. The Morgan fingerprint density at radius 1 is 1.04 bits per heavy atom. The molecule has 0 unspecified atom stereocenters. The first kappa shape index (κ1) is 17.1. The third-order valence-corrected chi connectivity index (χ3v) is 4.19. The Morgan fingerprint density at radius 2 is 1.79 bits per heavy atom. The van der Waals surface area contributed by atoms with Crippen molar-refractivity contribution in [3.05, 3.63) is 58.3 Å². The van der Waals surface area contributed by atoms with Crippen LogP contribution in [0.4, 0.5) is 0 Å². The van der Waals surface area contributed by atoms with Gasteiger partial charge in [-0.1, -0.05) is 23.2 Å². The summed E-state index contributed by atoms with van der Waals surface area (Å²) in [5.74, 6) is 1.62. The van der Waals surface area contributed by atoms with Crippen molar-refractivity contribution in [1.29, 1.82) is 0 Å². The van der Waals surface area contributed by atoms with E-state index in [-0.39, 0.29) is 0 Å². The molecule has 6 heteroatoms. The Hall–Kier alpha value is -1.75. The summed E-state index contributed by atoms with van der Waals surface area (Å²) >= 11 is 12.0. The van der Waals surface area contributed by atoms with Crippen LogP contribution in [0, 0.1) is 0 Å². The molecule has 0 atom stereocenters. The largest absolute Gasteiger partial charge is 0.486 e. The number of aryl methyl sites for hydroxylation is 1. The molecule has 3 aromatic rings. The molecule has 126 valence electrons. The number of halogens is 2. The molecule has 0 aliphatic carbocycles. The average molecular weight is 365 g/mol. The number of fused-ring (bicyclic) bond motifs is 1. The molecule has 1 heterocycles. The number of methoxy groups -OCH3 is 1. The lowest BCUT2D eigenvalue weighted by molar-refractivity contribution is 0.189. The van der Waals surface area contributed by atoms with E-state index >= 15 is 0 Å². The van der Waals surface area contributed by atoms with Gasteiger partial charge in [-0.05, 0) is 48.9 Å². The monoisotopic (exact) mass is 364 g/mol. The first-order valence-corrected chi connectivity index (χ1v) is 8.45. The van der Waals surface area contributed by atoms with Crippen molar-refractivity contribution < 1.29 is 9.47 Å². The number of nitrogens with zero attached hydrogens (tertiary/aromatic N) is 2. The van der Waals surface area contributed by atoms with Crippen molar-refractivity contribution in [2.45, 2.75) is 19.6 Å². The highest BCUT2D eigenvalue weighted by Crippen LogP contribution is 2.23. The van der Waals surface area contributed by atoms with Crippen molar-refractivity contribution >= 4 is 34.2 Å². The van der Waals surface area contributed by atoms with E-state index in [4.69, 9.17) is 32.7 Å². The summed E-state index contributed by atoms with van der Waals surface area (Å²) in [6, 6.07) is 13.0. The number of rotatable bonds is 7. The Labute approximate surface area is 150 Å². The molecule has 0 aliphatic heterocycles. The summed E-state index contributed by atoms with van der Waals surface area (Å²) in [5.41, 5.74) is 1.92. The number of ether oxygens (including phenoxy) is 2. The molecular formula is C18H18Cl2N2O2. The molecule has 1 aromatic heterocycles. The van der Waals surface area contributed by atoms with Gasteiger partial charge in [-0.2, -0.15) is 0 Å². The number of hydrogen-bond acceptors (Lipinski definition) is 3. The van der Waals surface area contributed by atoms with Gasteiger partial charge < -0.3 is 14.0 Å². The van der Waals surface area contributed by atoms with E-state index in [1.807, 2.05) is 30.3 Å². The van der Waals surface area contributed by atoms with Crippen LogP contribution in [0.3, 0.4) is 0 Å². The third-order valence-electron chi connectivity index (χ3n) is 3.70. The van der Waals surface area contributed by atoms with Crippen molar-refractivity contribution in [2.24, 2.45) is 0 Å². The fourth-order valence-corrected chi connectivity index (χ4v) is 2.84. The van der Waals surface area contributed by atoms with Crippen LogP contribution >= 0.6 is 23.2 Å². The van der Waals surface area contributed by atoms with E-state index < -0.39 is 0 Å². The van der Waals surface area contributed by atoms with E-state index in [1.165, 1.54) is 0 Å². The fourth-order valence-electron chi connectivity index (χ4n) is 2.55. The minimum absolute atomic E-state index is 0.376. The highest BCUT2D eigenvalue weighted by molar-refractivity contribution is 6.31. The van der Waals surface area contributed by atoms with Gasteiger partial charge in [0, 0.05) is 30.3 Å². The van der Waals surface area contributed by atoms with Crippen LogP contribution in [0.15, 0.2) is 42.5 Å². The van der Waals surface area contributed by atoms with Gasteiger partial charge in [-0.3, -0.25) is 0 Å². The molecular weight excluding hydrogens is 347 g/mol. The van der Waals surface area contributed by atoms with E-state index in [0.717, 1.165) is 35.6 Å². The first-order valence-electron chi connectivity index (χ1n) is 7.69. The zero-order valence-corrected chi connectivity index (χ0v) is 14.8.